The summed E-state index contributed by atoms with van der Waals surface area (Å²) in [6.07, 6.45) is 5.65. The van der Waals surface area contributed by atoms with Gasteiger partial charge in [0, 0.05) is 0 Å². The Morgan fingerprint density at radius 3 is 1.53 bits per heavy atom. The first-order chi connectivity index (χ1) is 8.06. The van der Waals surface area contributed by atoms with Gasteiger partial charge in [-0.3, -0.25) is 0 Å². The summed E-state index contributed by atoms with van der Waals surface area (Å²) < 4.78 is 27.3. The third-order valence-electron chi connectivity index (χ3n) is 5.08. The Morgan fingerprint density at radius 2 is 1.18 bits per heavy atom. The molecule has 0 radical (unpaired) electrons. The van der Waals surface area contributed by atoms with Gasteiger partial charge in [0.1, 0.15) is 12.3 Å². The van der Waals surface area contributed by atoms with Gasteiger partial charge >= 0.3 is 0 Å². The van der Waals surface area contributed by atoms with Gasteiger partial charge in [0.15, 0.2) is 0 Å². The van der Waals surface area contributed by atoms with Gasteiger partial charge in [-0.05, 0) is 68.6 Å². The quantitative estimate of drug-likeness (QED) is 0.646. The summed E-state index contributed by atoms with van der Waals surface area (Å²) in [6.45, 7) is 4.03. The second-order valence-corrected chi connectivity index (χ2v) is 6.58. The molecule has 0 aromatic heterocycles. The number of hydrogen-bond acceptors (Lipinski definition) is 0. The van der Waals surface area contributed by atoms with Crippen LogP contribution in [0.4, 0.5) is 8.78 Å². The van der Waals surface area contributed by atoms with Crippen molar-refractivity contribution >= 4 is 0 Å². The van der Waals surface area contributed by atoms with Gasteiger partial charge in [-0.25, -0.2) is 8.78 Å². The van der Waals surface area contributed by atoms with Crippen LogP contribution in [-0.2, 0) is 0 Å². The first-order valence-electron chi connectivity index (χ1n) is 7.34. The molecule has 2 aliphatic rings. The Bertz CT molecular complexity index is 217. The minimum absolute atomic E-state index is 0.242. The van der Waals surface area contributed by atoms with Crippen LogP contribution in [0.3, 0.4) is 0 Å². The average Bonchev–Trinajstić information content (AvgIpc) is 2.29. The molecule has 2 heteroatoms. The van der Waals surface area contributed by atoms with Crippen LogP contribution in [0.25, 0.3) is 0 Å². The molecule has 6 atom stereocenters. The van der Waals surface area contributed by atoms with E-state index in [0.717, 1.165) is 44.9 Å². The van der Waals surface area contributed by atoms with Crippen LogP contribution in [0.5, 0.6) is 0 Å². The average molecular weight is 244 g/mol. The highest BCUT2D eigenvalue weighted by atomic mass is 19.1. The van der Waals surface area contributed by atoms with Crippen molar-refractivity contribution in [1.29, 1.82) is 0 Å². The number of hydrogen-bond donors (Lipinski definition) is 0. The second-order valence-electron chi connectivity index (χ2n) is 6.58. The minimum atomic E-state index is -0.613. The fraction of sp³-hybridized carbons (Fsp3) is 1.00. The van der Waals surface area contributed by atoms with Crippen LogP contribution in [0, 0.1) is 23.7 Å². The van der Waals surface area contributed by atoms with E-state index in [1.807, 2.05) is 13.8 Å². The number of rotatable bonds is 2. The molecule has 0 nitrogen and oxygen atoms in total. The Morgan fingerprint density at radius 1 is 0.765 bits per heavy atom. The smallest absolute Gasteiger partial charge is 0.103 e. The molecule has 0 aliphatic heterocycles. The molecule has 2 rings (SSSR count). The Labute approximate surface area is 104 Å². The van der Waals surface area contributed by atoms with Crippen LogP contribution in [0.1, 0.15) is 58.8 Å². The van der Waals surface area contributed by atoms with Gasteiger partial charge in [0.2, 0.25) is 0 Å². The van der Waals surface area contributed by atoms with Crippen LogP contribution >= 0.6 is 0 Å². The van der Waals surface area contributed by atoms with E-state index in [4.69, 9.17) is 0 Å². The highest BCUT2D eigenvalue weighted by Gasteiger charge is 2.32. The lowest BCUT2D eigenvalue weighted by molar-refractivity contribution is 0.0903. The molecule has 2 aliphatic carbocycles. The second kappa shape index (κ2) is 5.67. The molecule has 0 saturated heterocycles. The monoisotopic (exact) mass is 244 g/mol. The van der Waals surface area contributed by atoms with E-state index >= 15 is 0 Å². The van der Waals surface area contributed by atoms with Crippen LogP contribution < -0.4 is 0 Å². The topological polar surface area (TPSA) is 0 Å². The number of alkyl halides is 2. The molecular formula is C15H26F2. The molecule has 100 valence electrons. The Balaban J connectivity index is 1.78. The molecule has 2 fully saturated rings. The van der Waals surface area contributed by atoms with Crippen molar-refractivity contribution in [2.24, 2.45) is 23.7 Å². The zero-order valence-electron chi connectivity index (χ0n) is 11.2. The van der Waals surface area contributed by atoms with Crippen molar-refractivity contribution in [1.82, 2.24) is 0 Å². The summed E-state index contributed by atoms with van der Waals surface area (Å²) in [6, 6.07) is 0. The van der Waals surface area contributed by atoms with E-state index in [-0.39, 0.29) is 11.8 Å². The standard InChI is InChI=1S/C15H26F2/c1-10-3-5-12(8-14(10)16)7-13-6-4-11(2)15(17)9-13/h10-15H,3-9H2,1-2H3. The lowest BCUT2D eigenvalue weighted by Crippen LogP contribution is -2.29. The van der Waals surface area contributed by atoms with Crippen LogP contribution in [-0.4, -0.2) is 12.3 Å². The molecule has 0 amide bonds. The van der Waals surface area contributed by atoms with Gasteiger partial charge in [-0.2, -0.15) is 0 Å². The maximum absolute atomic E-state index is 13.6. The maximum atomic E-state index is 13.6. The van der Waals surface area contributed by atoms with E-state index in [9.17, 15) is 8.78 Å². The predicted octanol–water partition coefficient (Wildman–Crippen LogP) is 4.93. The third kappa shape index (κ3) is 3.42. The summed E-state index contributed by atoms with van der Waals surface area (Å²) in [7, 11) is 0. The first-order valence-corrected chi connectivity index (χ1v) is 7.34. The molecule has 17 heavy (non-hydrogen) atoms. The molecule has 0 bridgehead atoms. The fourth-order valence-corrected chi connectivity index (χ4v) is 3.60. The molecule has 0 heterocycles. The SMILES string of the molecule is CC1CCC(CC2CCC(C)C(F)C2)CC1F. The van der Waals surface area contributed by atoms with Crippen molar-refractivity contribution in [3.8, 4) is 0 Å². The van der Waals surface area contributed by atoms with E-state index in [0.29, 0.717) is 11.8 Å². The first kappa shape index (κ1) is 13.3. The minimum Gasteiger partial charge on any atom is -0.247 e. The summed E-state index contributed by atoms with van der Waals surface area (Å²) in [5.41, 5.74) is 0. The highest BCUT2D eigenvalue weighted by molar-refractivity contribution is 4.83. The Hall–Kier alpha value is -0.140. The van der Waals surface area contributed by atoms with Crippen molar-refractivity contribution in [3.05, 3.63) is 0 Å². The Kier molecular flexibility index (Phi) is 4.43. The zero-order chi connectivity index (χ0) is 12.4. The van der Waals surface area contributed by atoms with Gasteiger partial charge in [0.05, 0.1) is 0 Å². The van der Waals surface area contributed by atoms with Crippen LogP contribution in [0.2, 0.25) is 0 Å². The predicted molar refractivity (Wildman–Crippen MR) is 67.4 cm³/mol. The molecule has 2 saturated carbocycles. The fourth-order valence-electron chi connectivity index (χ4n) is 3.60. The number of halogens is 2. The van der Waals surface area contributed by atoms with E-state index in [1.54, 1.807) is 0 Å². The molecule has 0 aromatic carbocycles. The van der Waals surface area contributed by atoms with Crippen molar-refractivity contribution in [3.63, 3.8) is 0 Å². The van der Waals surface area contributed by atoms with E-state index < -0.39 is 12.3 Å². The van der Waals surface area contributed by atoms with Gasteiger partial charge < -0.3 is 0 Å². The summed E-state index contributed by atoms with van der Waals surface area (Å²) >= 11 is 0. The largest absolute Gasteiger partial charge is 0.247 e. The van der Waals surface area contributed by atoms with Crippen molar-refractivity contribution in [2.75, 3.05) is 0 Å². The van der Waals surface area contributed by atoms with Gasteiger partial charge in [-0.15, -0.1) is 0 Å². The summed E-state index contributed by atoms with van der Waals surface area (Å²) in [4.78, 5) is 0. The molecule has 0 aromatic rings. The van der Waals surface area contributed by atoms with Crippen LogP contribution in [0.15, 0.2) is 0 Å². The molecule has 0 spiro atoms. The van der Waals surface area contributed by atoms with Crippen molar-refractivity contribution < 1.29 is 8.78 Å². The van der Waals surface area contributed by atoms with Crippen molar-refractivity contribution in [2.45, 2.75) is 71.1 Å². The zero-order valence-corrected chi connectivity index (χ0v) is 11.2. The van der Waals surface area contributed by atoms with E-state index in [1.165, 1.54) is 0 Å². The van der Waals surface area contributed by atoms with E-state index in [2.05, 4.69) is 0 Å². The molecule has 6 unspecified atom stereocenters. The lowest BCUT2D eigenvalue weighted by Gasteiger charge is -2.35. The van der Waals surface area contributed by atoms with Gasteiger partial charge in [-0.1, -0.05) is 13.8 Å². The molecular weight excluding hydrogens is 218 g/mol. The normalized spacial score (nSPS) is 48.0. The summed E-state index contributed by atoms with van der Waals surface area (Å²) in [5, 5.41) is 0. The summed E-state index contributed by atoms with van der Waals surface area (Å²) in [5.74, 6) is 1.52. The highest BCUT2D eigenvalue weighted by Crippen LogP contribution is 2.39. The molecule has 0 N–H and O–H groups in total. The third-order valence-corrected chi connectivity index (χ3v) is 5.08. The van der Waals surface area contributed by atoms with Gasteiger partial charge in [0.25, 0.3) is 0 Å². The lowest BCUT2D eigenvalue weighted by atomic mass is 9.73. The maximum Gasteiger partial charge on any atom is 0.103 e.